The van der Waals surface area contributed by atoms with Crippen molar-refractivity contribution in [3.63, 3.8) is 0 Å². The summed E-state index contributed by atoms with van der Waals surface area (Å²) in [6.07, 6.45) is 1.93. The van der Waals surface area contributed by atoms with Crippen LogP contribution in [0.1, 0.15) is 46.2 Å². The number of piperidine rings is 1. The average Bonchev–Trinajstić information content (AvgIpc) is 2.18. The Morgan fingerprint density at radius 2 is 1.74 bits per heavy atom. The zero-order valence-corrected chi connectivity index (χ0v) is 12.3. The van der Waals surface area contributed by atoms with Gasteiger partial charge in [0.15, 0.2) is 0 Å². The van der Waals surface area contributed by atoms with Crippen LogP contribution in [0.15, 0.2) is 4.79 Å². The van der Waals surface area contributed by atoms with Gasteiger partial charge in [0.1, 0.15) is 5.69 Å². The monoisotopic (exact) mass is 265 g/mol. The average molecular weight is 265 g/mol. The number of aromatic amines is 1. The quantitative estimate of drug-likeness (QED) is 0.748. The van der Waals surface area contributed by atoms with Crippen molar-refractivity contribution in [1.29, 1.82) is 0 Å². The maximum Gasteiger partial charge on any atom is 0.273 e. The van der Waals surface area contributed by atoms with Gasteiger partial charge in [-0.2, -0.15) is 0 Å². The molecule has 1 aliphatic heterocycles. The first-order valence-electron chi connectivity index (χ1n) is 6.66. The number of aryl methyl sites for hydroxylation is 1. The van der Waals surface area contributed by atoms with Gasteiger partial charge in [-0.3, -0.25) is 9.78 Å². The second kappa shape index (κ2) is 4.59. The maximum absolute atomic E-state index is 11.5. The highest BCUT2D eigenvalue weighted by Crippen LogP contribution is 2.29. The van der Waals surface area contributed by atoms with Crippen molar-refractivity contribution in [2.75, 3.05) is 5.32 Å². The van der Waals surface area contributed by atoms with E-state index in [0.29, 0.717) is 11.6 Å². The fourth-order valence-electron chi connectivity index (χ4n) is 3.08. The van der Waals surface area contributed by atoms with Crippen molar-refractivity contribution in [3.8, 4) is 0 Å². The second-order valence-corrected chi connectivity index (χ2v) is 6.73. The van der Waals surface area contributed by atoms with E-state index in [9.17, 15) is 4.79 Å². The minimum Gasteiger partial charge on any atom is -0.352 e. The van der Waals surface area contributed by atoms with Crippen LogP contribution in [-0.2, 0) is 0 Å². The molecule has 0 amide bonds. The Bertz CT molecular complexity index is 504. The summed E-state index contributed by atoms with van der Waals surface area (Å²) in [5.74, 6) is 0.453. The molecule has 0 saturated carbocycles. The molecule has 0 unspecified atom stereocenters. The molecular weight excluding hydrogens is 242 g/mol. The second-order valence-electron chi connectivity index (χ2n) is 6.73. The Morgan fingerprint density at radius 3 is 2.26 bits per heavy atom. The number of aromatic nitrogens is 3. The summed E-state index contributed by atoms with van der Waals surface area (Å²) in [6.45, 7) is 10.4. The largest absolute Gasteiger partial charge is 0.352 e. The van der Waals surface area contributed by atoms with Crippen molar-refractivity contribution in [1.82, 2.24) is 20.5 Å². The molecule has 1 aliphatic rings. The Hall–Kier alpha value is -1.43. The lowest BCUT2D eigenvalue weighted by Crippen LogP contribution is -2.60. The zero-order valence-electron chi connectivity index (χ0n) is 12.3. The van der Waals surface area contributed by atoms with Crippen LogP contribution in [0, 0.1) is 6.92 Å². The normalized spacial score (nSPS) is 22.2. The molecule has 2 rings (SSSR count). The maximum atomic E-state index is 11.5. The van der Waals surface area contributed by atoms with Crippen molar-refractivity contribution in [2.24, 2.45) is 0 Å². The number of nitrogens with zero attached hydrogens (tertiary/aromatic N) is 2. The minimum atomic E-state index is -0.190. The zero-order chi connectivity index (χ0) is 14.3. The summed E-state index contributed by atoms with van der Waals surface area (Å²) < 4.78 is 0. The third-order valence-electron chi connectivity index (χ3n) is 3.39. The van der Waals surface area contributed by atoms with Gasteiger partial charge >= 0.3 is 0 Å². The van der Waals surface area contributed by atoms with Crippen LogP contribution in [-0.4, -0.2) is 32.3 Å². The summed E-state index contributed by atoms with van der Waals surface area (Å²) in [6, 6.07) is 0.263. The molecule has 106 valence electrons. The molecule has 3 N–H and O–H groups in total. The predicted molar refractivity (Wildman–Crippen MR) is 75.3 cm³/mol. The molecule has 2 heterocycles. The molecule has 0 bridgehead atoms. The van der Waals surface area contributed by atoms with Gasteiger partial charge in [0.2, 0.25) is 5.95 Å². The van der Waals surface area contributed by atoms with Crippen LogP contribution >= 0.6 is 0 Å². The van der Waals surface area contributed by atoms with Gasteiger partial charge in [0.05, 0.1) is 0 Å². The molecule has 1 fully saturated rings. The number of nitrogens with one attached hydrogen (secondary N) is 3. The smallest absolute Gasteiger partial charge is 0.273 e. The van der Waals surface area contributed by atoms with Gasteiger partial charge in [-0.15, -0.1) is 10.2 Å². The molecule has 0 atom stereocenters. The van der Waals surface area contributed by atoms with Gasteiger partial charge in [-0.05, 0) is 47.5 Å². The van der Waals surface area contributed by atoms with E-state index in [4.69, 9.17) is 0 Å². The lowest BCUT2D eigenvalue weighted by atomic mass is 9.80. The first-order valence-corrected chi connectivity index (χ1v) is 6.66. The molecule has 0 radical (unpaired) electrons. The van der Waals surface area contributed by atoms with Crippen LogP contribution in [0.2, 0.25) is 0 Å². The standard InChI is InChI=1S/C13H23N5O/c1-8-10(19)15-11(17-16-8)14-9-6-12(2,3)18-13(4,5)7-9/h9,18H,6-7H2,1-5H3,(H2,14,15,17,19). The van der Waals surface area contributed by atoms with Crippen LogP contribution in [0.3, 0.4) is 0 Å². The van der Waals surface area contributed by atoms with E-state index in [2.05, 4.69) is 53.5 Å². The van der Waals surface area contributed by atoms with Gasteiger partial charge < -0.3 is 10.6 Å². The summed E-state index contributed by atoms with van der Waals surface area (Å²) >= 11 is 0. The van der Waals surface area contributed by atoms with E-state index in [1.54, 1.807) is 6.92 Å². The number of anilines is 1. The number of rotatable bonds is 2. The highest BCUT2D eigenvalue weighted by molar-refractivity contribution is 5.25. The van der Waals surface area contributed by atoms with Crippen molar-refractivity contribution in [3.05, 3.63) is 16.0 Å². The molecule has 1 aromatic heterocycles. The van der Waals surface area contributed by atoms with E-state index >= 15 is 0 Å². The van der Waals surface area contributed by atoms with Crippen molar-refractivity contribution in [2.45, 2.75) is 64.6 Å². The molecule has 0 aromatic carbocycles. The molecule has 0 aliphatic carbocycles. The van der Waals surface area contributed by atoms with Crippen LogP contribution in [0.4, 0.5) is 5.95 Å². The Balaban J connectivity index is 2.14. The fraction of sp³-hybridized carbons (Fsp3) is 0.769. The van der Waals surface area contributed by atoms with Crippen LogP contribution < -0.4 is 16.2 Å². The highest BCUT2D eigenvalue weighted by Gasteiger charge is 2.37. The minimum absolute atomic E-state index is 0.0534. The van der Waals surface area contributed by atoms with E-state index in [1.807, 2.05) is 0 Å². The SMILES string of the molecule is Cc1nnc(NC2CC(C)(C)NC(C)(C)C2)[nH]c1=O. The van der Waals surface area contributed by atoms with E-state index in [0.717, 1.165) is 12.8 Å². The third-order valence-corrected chi connectivity index (χ3v) is 3.39. The third kappa shape index (κ3) is 3.53. The number of hydrogen-bond donors (Lipinski definition) is 3. The van der Waals surface area contributed by atoms with Crippen molar-refractivity contribution < 1.29 is 0 Å². The van der Waals surface area contributed by atoms with Crippen molar-refractivity contribution >= 4 is 5.95 Å². The highest BCUT2D eigenvalue weighted by atomic mass is 16.1. The molecule has 6 nitrogen and oxygen atoms in total. The summed E-state index contributed by atoms with van der Waals surface area (Å²) in [5.41, 5.74) is 0.303. The van der Waals surface area contributed by atoms with E-state index in [-0.39, 0.29) is 22.7 Å². The number of H-pyrrole nitrogens is 1. The molecule has 1 saturated heterocycles. The molecule has 6 heteroatoms. The van der Waals surface area contributed by atoms with Crippen LogP contribution in [0.5, 0.6) is 0 Å². The van der Waals surface area contributed by atoms with Gasteiger partial charge in [0.25, 0.3) is 5.56 Å². The Kier molecular flexibility index (Phi) is 3.38. The van der Waals surface area contributed by atoms with Gasteiger partial charge in [0, 0.05) is 17.1 Å². The lowest BCUT2D eigenvalue weighted by molar-refractivity contribution is 0.170. The molecule has 19 heavy (non-hydrogen) atoms. The Labute approximate surface area is 113 Å². The van der Waals surface area contributed by atoms with E-state index < -0.39 is 0 Å². The Morgan fingerprint density at radius 1 is 1.16 bits per heavy atom. The van der Waals surface area contributed by atoms with E-state index in [1.165, 1.54) is 0 Å². The molecule has 0 spiro atoms. The van der Waals surface area contributed by atoms with Crippen LogP contribution in [0.25, 0.3) is 0 Å². The van der Waals surface area contributed by atoms with Gasteiger partial charge in [-0.1, -0.05) is 0 Å². The first-order chi connectivity index (χ1) is 8.67. The molecule has 1 aromatic rings. The molecular formula is C13H23N5O. The summed E-state index contributed by atoms with van der Waals surface area (Å²) in [5, 5.41) is 14.7. The summed E-state index contributed by atoms with van der Waals surface area (Å²) in [7, 11) is 0. The number of hydrogen-bond acceptors (Lipinski definition) is 5. The van der Waals surface area contributed by atoms with Gasteiger partial charge in [-0.25, -0.2) is 0 Å². The first kappa shape index (κ1) is 14.0. The fourth-order valence-corrected chi connectivity index (χ4v) is 3.08. The topological polar surface area (TPSA) is 82.7 Å². The summed E-state index contributed by atoms with van der Waals surface area (Å²) in [4.78, 5) is 14.2. The predicted octanol–water partition coefficient (Wildman–Crippen LogP) is 1.19. The lowest BCUT2D eigenvalue weighted by Gasteiger charge is -2.46.